The lowest BCUT2D eigenvalue weighted by molar-refractivity contribution is -0.134. The summed E-state index contributed by atoms with van der Waals surface area (Å²) in [5, 5.41) is -0.105. The van der Waals surface area contributed by atoms with E-state index in [4.69, 9.17) is 4.74 Å². The van der Waals surface area contributed by atoms with Crippen LogP contribution < -0.4 is 4.90 Å². The smallest absolute Gasteiger partial charge is 0.248 e. The van der Waals surface area contributed by atoms with Gasteiger partial charge in [0, 0.05) is 52.0 Å². The number of anilines is 1. The summed E-state index contributed by atoms with van der Waals surface area (Å²) in [6, 6.07) is 1.90. The average Bonchev–Trinajstić information content (AvgIpc) is 3.33. The largest absolute Gasteiger partial charge is 0.375 e. The van der Waals surface area contributed by atoms with Crippen molar-refractivity contribution in [2.24, 2.45) is 5.92 Å². The topological polar surface area (TPSA) is 92.7 Å². The van der Waals surface area contributed by atoms with Crippen LogP contribution in [0.1, 0.15) is 30.9 Å². The first-order chi connectivity index (χ1) is 12.3. The molecule has 1 aliphatic carbocycles. The average molecular weight is 382 g/mol. The van der Waals surface area contributed by atoms with E-state index in [1.54, 1.807) is 0 Å². The van der Waals surface area contributed by atoms with Gasteiger partial charge in [-0.1, -0.05) is 0 Å². The summed E-state index contributed by atoms with van der Waals surface area (Å²) in [5.41, 5.74) is 0.811. The van der Waals surface area contributed by atoms with Gasteiger partial charge in [-0.2, -0.15) is 0 Å². The monoisotopic (exact) mass is 382 g/mol. The molecule has 1 aromatic heterocycles. The Morgan fingerprint density at radius 3 is 2.69 bits per heavy atom. The van der Waals surface area contributed by atoms with Gasteiger partial charge in [-0.15, -0.1) is 0 Å². The van der Waals surface area contributed by atoms with Crippen LogP contribution in [-0.2, 0) is 19.4 Å². The third-order valence-corrected chi connectivity index (χ3v) is 5.71. The van der Waals surface area contributed by atoms with Gasteiger partial charge in [0.2, 0.25) is 20.9 Å². The summed E-state index contributed by atoms with van der Waals surface area (Å²) in [5.74, 6) is 1.31. The molecule has 2 aliphatic rings. The molecule has 1 saturated heterocycles. The van der Waals surface area contributed by atoms with E-state index in [0.717, 1.165) is 37.8 Å². The van der Waals surface area contributed by atoms with Crippen molar-refractivity contribution < 1.29 is 17.9 Å². The molecule has 1 atom stereocenters. The van der Waals surface area contributed by atoms with Crippen molar-refractivity contribution in [3.63, 3.8) is 0 Å². The number of carbonyl (C=O) groups excluding carboxylic acids is 1. The Morgan fingerprint density at radius 2 is 2.08 bits per heavy atom. The molecule has 1 saturated carbocycles. The van der Waals surface area contributed by atoms with Crippen molar-refractivity contribution >= 4 is 21.6 Å². The second-order valence-electron chi connectivity index (χ2n) is 7.29. The Balaban J connectivity index is 1.71. The predicted molar refractivity (Wildman–Crippen MR) is 96.9 cm³/mol. The summed E-state index contributed by atoms with van der Waals surface area (Å²) < 4.78 is 28.8. The molecule has 0 N–H and O–H groups in total. The number of ether oxygens (including phenoxy) is 1. The van der Waals surface area contributed by atoms with Gasteiger partial charge in [-0.3, -0.25) is 4.79 Å². The van der Waals surface area contributed by atoms with E-state index in [2.05, 4.69) is 9.97 Å². The maximum absolute atomic E-state index is 11.9. The van der Waals surface area contributed by atoms with Crippen LogP contribution >= 0.6 is 0 Å². The highest BCUT2D eigenvalue weighted by Crippen LogP contribution is 2.40. The van der Waals surface area contributed by atoms with Crippen LogP contribution in [-0.4, -0.2) is 75.8 Å². The highest BCUT2D eigenvalue weighted by Gasteiger charge is 2.30. The van der Waals surface area contributed by atoms with Gasteiger partial charge in [-0.05, 0) is 25.2 Å². The van der Waals surface area contributed by atoms with E-state index in [-0.39, 0.29) is 17.7 Å². The lowest BCUT2D eigenvalue weighted by atomic mass is 10.1. The summed E-state index contributed by atoms with van der Waals surface area (Å²) >= 11 is 0. The third kappa shape index (κ3) is 4.50. The summed E-state index contributed by atoms with van der Waals surface area (Å²) in [6.07, 6.45) is 4.14. The van der Waals surface area contributed by atoms with Crippen LogP contribution in [0.2, 0.25) is 0 Å². The lowest BCUT2D eigenvalue weighted by Gasteiger charge is -2.23. The van der Waals surface area contributed by atoms with Crippen LogP contribution in [0, 0.1) is 5.92 Å². The zero-order valence-corrected chi connectivity index (χ0v) is 16.3. The first-order valence-electron chi connectivity index (χ1n) is 8.85. The van der Waals surface area contributed by atoms with Gasteiger partial charge in [0.05, 0.1) is 5.69 Å². The van der Waals surface area contributed by atoms with E-state index in [1.807, 2.05) is 22.9 Å². The fourth-order valence-corrected chi connectivity index (χ4v) is 3.81. The maximum Gasteiger partial charge on any atom is 0.248 e. The summed E-state index contributed by atoms with van der Waals surface area (Å²) in [4.78, 5) is 24.2. The number of hydrogen-bond acceptors (Lipinski definition) is 7. The number of rotatable bonds is 7. The highest BCUT2D eigenvalue weighted by molar-refractivity contribution is 7.90. The molecule has 1 aliphatic heterocycles. The molecule has 0 bridgehead atoms. The number of aromatic nitrogens is 2. The number of hydrogen-bond donors (Lipinski definition) is 0. The Hall–Kier alpha value is -1.74. The van der Waals surface area contributed by atoms with Crippen molar-refractivity contribution in [2.75, 3.05) is 51.6 Å². The van der Waals surface area contributed by atoms with Crippen molar-refractivity contribution in [1.29, 1.82) is 0 Å². The molecule has 0 aromatic carbocycles. The standard InChI is InChI=1S/C17H26N4O4S/c1-20(9-12-6-7-21(10-12)16(22)11-25-2)15-8-14(13-4-5-13)18-17(19-15)26(3,23)24/h8,12-13H,4-7,9-11H2,1-3H3. The van der Waals surface area contributed by atoms with E-state index in [1.165, 1.54) is 7.11 Å². The van der Waals surface area contributed by atoms with Gasteiger partial charge < -0.3 is 14.5 Å². The van der Waals surface area contributed by atoms with Gasteiger partial charge in [0.15, 0.2) is 0 Å². The molecular formula is C17H26N4O4S. The highest BCUT2D eigenvalue weighted by atomic mass is 32.2. The molecule has 0 radical (unpaired) electrons. The minimum absolute atomic E-state index is 0.00933. The minimum Gasteiger partial charge on any atom is -0.375 e. The minimum atomic E-state index is -3.46. The number of carbonyl (C=O) groups is 1. The first-order valence-corrected chi connectivity index (χ1v) is 10.7. The van der Waals surface area contributed by atoms with E-state index in [9.17, 15) is 13.2 Å². The molecule has 2 fully saturated rings. The molecule has 8 nitrogen and oxygen atoms in total. The lowest BCUT2D eigenvalue weighted by Crippen LogP contribution is -2.34. The fraction of sp³-hybridized carbons (Fsp3) is 0.706. The molecule has 1 aromatic rings. The number of likely N-dealkylation sites (tertiary alicyclic amines) is 1. The van der Waals surface area contributed by atoms with Crippen molar-refractivity contribution in [1.82, 2.24) is 14.9 Å². The quantitative estimate of drug-likeness (QED) is 0.641. The van der Waals surface area contributed by atoms with Gasteiger partial charge in [0.1, 0.15) is 12.4 Å². The van der Waals surface area contributed by atoms with Gasteiger partial charge in [-0.25, -0.2) is 18.4 Å². The van der Waals surface area contributed by atoms with Gasteiger partial charge >= 0.3 is 0 Å². The molecule has 1 amide bonds. The maximum atomic E-state index is 11.9. The zero-order valence-electron chi connectivity index (χ0n) is 15.5. The summed E-state index contributed by atoms with van der Waals surface area (Å²) in [6.45, 7) is 2.23. The van der Waals surface area contributed by atoms with Crippen molar-refractivity contribution in [3.05, 3.63) is 11.8 Å². The van der Waals surface area contributed by atoms with Crippen LogP contribution in [0.5, 0.6) is 0 Å². The number of methoxy groups -OCH3 is 1. The molecule has 0 spiro atoms. The second-order valence-corrected chi connectivity index (χ2v) is 9.20. The summed E-state index contributed by atoms with van der Waals surface area (Å²) in [7, 11) is -0.0299. The van der Waals surface area contributed by atoms with E-state index >= 15 is 0 Å². The van der Waals surface area contributed by atoms with Crippen LogP contribution in [0.4, 0.5) is 5.82 Å². The Labute approximate surface area is 154 Å². The normalized spacial score (nSPS) is 20.4. The Kier molecular flexibility index (Phi) is 5.47. The molecule has 2 heterocycles. The molecule has 1 unspecified atom stereocenters. The molecule has 3 rings (SSSR count). The molecule has 26 heavy (non-hydrogen) atoms. The van der Waals surface area contributed by atoms with Crippen LogP contribution in [0.3, 0.4) is 0 Å². The number of amides is 1. The van der Waals surface area contributed by atoms with Crippen LogP contribution in [0.15, 0.2) is 11.2 Å². The van der Waals surface area contributed by atoms with Crippen molar-refractivity contribution in [3.8, 4) is 0 Å². The first kappa shape index (κ1) is 19.0. The Morgan fingerprint density at radius 1 is 1.35 bits per heavy atom. The molecule has 144 valence electrons. The SMILES string of the molecule is COCC(=O)N1CCC(CN(C)c2cc(C3CC3)nc(S(C)(=O)=O)n2)C1. The number of sulfone groups is 1. The Bertz CT molecular complexity index is 779. The number of nitrogens with zero attached hydrogens (tertiary/aromatic N) is 4. The van der Waals surface area contributed by atoms with Crippen molar-refractivity contribution in [2.45, 2.75) is 30.3 Å². The third-order valence-electron chi connectivity index (χ3n) is 4.87. The zero-order chi connectivity index (χ0) is 18.9. The molecular weight excluding hydrogens is 356 g/mol. The van der Waals surface area contributed by atoms with Gasteiger partial charge in [0.25, 0.3) is 0 Å². The fourth-order valence-electron chi connectivity index (χ4n) is 3.28. The van der Waals surface area contributed by atoms with Crippen LogP contribution in [0.25, 0.3) is 0 Å². The molecule has 9 heteroatoms. The van der Waals surface area contributed by atoms with E-state index in [0.29, 0.717) is 30.7 Å². The predicted octanol–water partition coefficient (Wildman–Crippen LogP) is 0.689. The van der Waals surface area contributed by atoms with E-state index < -0.39 is 9.84 Å². The second kappa shape index (κ2) is 7.48.